The van der Waals surface area contributed by atoms with E-state index < -0.39 is 0 Å². The summed E-state index contributed by atoms with van der Waals surface area (Å²) >= 11 is 0. The molecule has 0 amide bonds. The quantitative estimate of drug-likeness (QED) is 0.478. The van der Waals surface area contributed by atoms with Gasteiger partial charge in [0.05, 0.1) is 23.1 Å². The molecule has 5 heteroatoms. The summed E-state index contributed by atoms with van der Waals surface area (Å²) in [5.41, 5.74) is 5.46. The van der Waals surface area contributed by atoms with E-state index in [9.17, 15) is 0 Å². The van der Waals surface area contributed by atoms with Gasteiger partial charge in [-0.15, -0.1) is 0 Å². The van der Waals surface area contributed by atoms with Crippen molar-refractivity contribution in [3.05, 3.63) is 72.4 Å². The number of likely N-dealkylation sites (tertiary alicyclic amines) is 1. The Bertz CT molecular complexity index is 1070. The van der Waals surface area contributed by atoms with Crippen LogP contribution in [0.2, 0.25) is 0 Å². The number of hydrogen-bond donors (Lipinski definition) is 0. The van der Waals surface area contributed by atoms with Crippen molar-refractivity contribution >= 4 is 11.0 Å². The van der Waals surface area contributed by atoms with E-state index >= 15 is 0 Å². The molecule has 5 nitrogen and oxygen atoms in total. The molecule has 0 atom stereocenters. The molecule has 1 saturated heterocycles. The highest BCUT2D eigenvalue weighted by Crippen LogP contribution is 2.22. The first kappa shape index (κ1) is 18.1. The summed E-state index contributed by atoms with van der Waals surface area (Å²) in [4.78, 5) is 11.7. The van der Waals surface area contributed by atoms with E-state index in [4.69, 9.17) is 9.40 Å². The molecular formula is C24H26N4O. The maximum atomic E-state index is 5.77. The van der Waals surface area contributed by atoms with Crippen LogP contribution in [0.3, 0.4) is 0 Å². The lowest BCUT2D eigenvalue weighted by atomic mass is 10.1. The second-order valence-corrected chi connectivity index (χ2v) is 7.89. The Kier molecular flexibility index (Phi) is 5.13. The van der Waals surface area contributed by atoms with Crippen molar-refractivity contribution in [3.63, 3.8) is 0 Å². The van der Waals surface area contributed by atoms with Gasteiger partial charge in [0.2, 0.25) is 5.89 Å². The number of fused-ring (bicyclic) bond motifs is 1. The Hall–Kier alpha value is -2.92. The second-order valence-electron chi connectivity index (χ2n) is 7.89. The monoisotopic (exact) mass is 386 g/mol. The molecule has 0 aliphatic carbocycles. The maximum absolute atomic E-state index is 5.77. The van der Waals surface area contributed by atoms with Crippen LogP contribution in [-0.4, -0.2) is 32.5 Å². The van der Waals surface area contributed by atoms with Crippen LogP contribution in [0, 0.1) is 0 Å². The van der Waals surface area contributed by atoms with Crippen LogP contribution in [-0.2, 0) is 13.1 Å². The molecule has 1 aliphatic rings. The smallest absolute Gasteiger partial charge is 0.226 e. The first-order valence-electron chi connectivity index (χ1n) is 10.5. The van der Waals surface area contributed by atoms with Crippen molar-refractivity contribution < 1.29 is 4.42 Å². The Morgan fingerprint density at radius 1 is 0.862 bits per heavy atom. The van der Waals surface area contributed by atoms with Gasteiger partial charge >= 0.3 is 0 Å². The second kappa shape index (κ2) is 8.21. The maximum Gasteiger partial charge on any atom is 0.226 e. The van der Waals surface area contributed by atoms with Crippen molar-refractivity contribution in [2.45, 2.75) is 38.8 Å². The fourth-order valence-corrected chi connectivity index (χ4v) is 4.12. The molecule has 3 heterocycles. The largest absolute Gasteiger partial charge is 0.444 e. The molecule has 0 radical (unpaired) electrons. The minimum atomic E-state index is 0.703. The highest BCUT2D eigenvalue weighted by molar-refractivity contribution is 5.75. The SMILES string of the molecule is c1ccc2c(c1)ncn2Cc1ccc(-c2nc(CN3CCCCCC3)co2)cc1. The molecule has 0 N–H and O–H groups in total. The molecule has 1 aliphatic heterocycles. The van der Waals surface area contributed by atoms with Gasteiger partial charge in [0, 0.05) is 18.7 Å². The normalized spacial score (nSPS) is 15.6. The predicted octanol–water partition coefficient (Wildman–Crippen LogP) is 5.12. The highest BCUT2D eigenvalue weighted by Gasteiger charge is 2.13. The molecule has 2 aromatic heterocycles. The topological polar surface area (TPSA) is 47.1 Å². The van der Waals surface area contributed by atoms with Gasteiger partial charge in [-0.25, -0.2) is 9.97 Å². The summed E-state index contributed by atoms with van der Waals surface area (Å²) in [7, 11) is 0. The molecule has 2 aromatic carbocycles. The van der Waals surface area contributed by atoms with Crippen molar-refractivity contribution in [2.75, 3.05) is 13.1 Å². The minimum Gasteiger partial charge on any atom is -0.444 e. The van der Waals surface area contributed by atoms with Crippen molar-refractivity contribution in [1.82, 2.24) is 19.4 Å². The molecular weight excluding hydrogens is 360 g/mol. The van der Waals surface area contributed by atoms with Crippen LogP contribution in [0.15, 0.2) is 65.5 Å². The van der Waals surface area contributed by atoms with E-state index in [1.54, 1.807) is 0 Å². The van der Waals surface area contributed by atoms with Crippen molar-refractivity contribution in [3.8, 4) is 11.5 Å². The van der Waals surface area contributed by atoms with Crippen LogP contribution < -0.4 is 0 Å². The van der Waals surface area contributed by atoms with Gasteiger partial charge in [-0.3, -0.25) is 4.90 Å². The lowest BCUT2D eigenvalue weighted by Gasteiger charge is -2.17. The van der Waals surface area contributed by atoms with Gasteiger partial charge in [0.15, 0.2) is 0 Å². The molecule has 1 fully saturated rings. The molecule has 5 rings (SSSR count). The molecule has 29 heavy (non-hydrogen) atoms. The van der Waals surface area contributed by atoms with Crippen LogP contribution in [0.1, 0.15) is 36.9 Å². The third-order valence-corrected chi connectivity index (χ3v) is 5.72. The first-order valence-corrected chi connectivity index (χ1v) is 10.5. The number of para-hydroxylation sites is 2. The van der Waals surface area contributed by atoms with Gasteiger partial charge in [-0.1, -0.05) is 37.1 Å². The number of nitrogens with zero attached hydrogens (tertiary/aromatic N) is 4. The van der Waals surface area contributed by atoms with Crippen LogP contribution in [0.25, 0.3) is 22.5 Å². The lowest BCUT2D eigenvalue weighted by Crippen LogP contribution is -2.24. The molecule has 4 aromatic rings. The summed E-state index contributed by atoms with van der Waals surface area (Å²) in [6, 6.07) is 16.7. The Morgan fingerprint density at radius 2 is 1.66 bits per heavy atom. The Morgan fingerprint density at radius 3 is 2.48 bits per heavy atom. The molecule has 0 saturated carbocycles. The van der Waals surface area contributed by atoms with Crippen LogP contribution >= 0.6 is 0 Å². The van der Waals surface area contributed by atoms with Gasteiger partial charge in [-0.05, 0) is 55.8 Å². The third kappa shape index (κ3) is 4.10. The summed E-state index contributed by atoms with van der Waals surface area (Å²) in [5, 5.41) is 0. The zero-order valence-corrected chi connectivity index (χ0v) is 16.6. The molecule has 148 valence electrons. The highest BCUT2D eigenvalue weighted by atomic mass is 16.3. The summed E-state index contributed by atoms with van der Waals surface area (Å²) in [6.45, 7) is 4.02. The predicted molar refractivity (Wildman–Crippen MR) is 115 cm³/mol. The molecule has 0 spiro atoms. The average Bonchev–Trinajstić information content (AvgIpc) is 3.30. The van der Waals surface area contributed by atoms with E-state index in [1.807, 2.05) is 24.7 Å². The number of hydrogen-bond acceptors (Lipinski definition) is 4. The fraction of sp³-hybridized carbons (Fsp3) is 0.333. The lowest BCUT2D eigenvalue weighted by molar-refractivity contribution is 0.273. The van der Waals surface area contributed by atoms with Gasteiger partial charge < -0.3 is 8.98 Å². The minimum absolute atomic E-state index is 0.703. The molecule has 0 unspecified atom stereocenters. The molecule has 0 bridgehead atoms. The van der Waals surface area contributed by atoms with E-state index in [2.05, 4.69) is 50.8 Å². The zero-order valence-electron chi connectivity index (χ0n) is 16.6. The Balaban J connectivity index is 1.27. The van der Waals surface area contributed by atoms with E-state index in [0.717, 1.165) is 35.4 Å². The fourth-order valence-electron chi connectivity index (χ4n) is 4.12. The number of benzene rings is 2. The van der Waals surface area contributed by atoms with Crippen LogP contribution in [0.5, 0.6) is 0 Å². The summed E-state index contributed by atoms with van der Waals surface area (Å²) in [5.74, 6) is 0.703. The first-order chi connectivity index (χ1) is 14.3. The standard InChI is InChI=1S/C24H26N4O/c1-2-6-14-27(13-5-1)16-21-17-29-24(26-21)20-11-9-19(10-12-20)15-28-18-25-22-7-3-4-8-23(22)28/h3-4,7-12,17-18H,1-2,5-6,13-16H2. The van der Waals surface area contributed by atoms with E-state index in [-0.39, 0.29) is 0 Å². The van der Waals surface area contributed by atoms with Crippen molar-refractivity contribution in [1.29, 1.82) is 0 Å². The Labute approximate surface area is 171 Å². The van der Waals surface area contributed by atoms with Gasteiger partial charge in [0.1, 0.15) is 6.26 Å². The van der Waals surface area contributed by atoms with E-state index in [1.165, 1.54) is 44.3 Å². The van der Waals surface area contributed by atoms with E-state index in [0.29, 0.717) is 5.89 Å². The summed E-state index contributed by atoms with van der Waals surface area (Å²) < 4.78 is 7.95. The number of rotatable bonds is 5. The number of oxazole rings is 1. The summed E-state index contributed by atoms with van der Waals surface area (Å²) in [6.07, 6.45) is 8.99. The average molecular weight is 386 g/mol. The zero-order chi connectivity index (χ0) is 19.5. The number of imidazole rings is 1. The van der Waals surface area contributed by atoms with Gasteiger partial charge in [0.25, 0.3) is 0 Å². The third-order valence-electron chi connectivity index (χ3n) is 5.72. The van der Waals surface area contributed by atoms with Crippen molar-refractivity contribution in [2.24, 2.45) is 0 Å². The van der Waals surface area contributed by atoms with Crippen LogP contribution in [0.4, 0.5) is 0 Å². The van der Waals surface area contributed by atoms with Gasteiger partial charge in [-0.2, -0.15) is 0 Å². The number of aromatic nitrogens is 3.